The molecule has 0 bridgehead atoms. The van der Waals surface area contributed by atoms with Gasteiger partial charge < -0.3 is 5.32 Å². The van der Waals surface area contributed by atoms with Gasteiger partial charge in [-0.15, -0.1) is 11.8 Å². The van der Waals surface area contributed by atoms with Crippen LogP contribution in [0.1, 0.15) is 0 Å². The summed E-state index contributed by atoms with van der Waals surface area (Å²) in [5.74, 6) is 1.28. The fourth-order valence-corrected chi connectivity index (χ4v) is 2.61. The van der Waals surface area contributed by atoms with Crippen molar-refractivity contribution in [3.63, 3.8) is 0 Å². The summed E-state index contributed by atoms with van der Waals surface area (Å²) in [6, 6.07) is 19.7. The van der Waals surface area contributed by atoms with E-state index in [9.17, 15) is 0 Å². The Balaban J connectivity index is 1.89. The van der Waals surface area contributed by atoms with E-state index in [-0.39, 0.29) is 0 Å². The van der Waals surface area contributed by atoms with Crippen molar-refractivity contribution in [1.82, 2.24) is 9.97 Å². The first-order valence-electron chi connectivity index (χ1n) is 6.76. The molecule has 0 aliphatic rings. The molecular formula is C17H14ClN3S. The number of anilines is 2. The van der Waals surface area contributed by atoms with Crippen molar-refractivity contribution in [2.75, 3.05) is 11.6 Å². The molecule has 2 aromatic carbocycles. The van der Waals surface area contributed by atoms with Crippen LogP contribution in [0.25, 0.3) is 11.4 Å². The minimum atomic E-state index is 0.414. The van der Waals surface area contributed by atoms with Crippen LogP contribution in [0.5, 0.6) is 0 Å². The van der Waals surface area contributed by atoms with Gasteiger partial charge in [-0.1, -0.05) is 41.9 Å². The number of benzene rings is 2. The molecule has 1 N–H and O–H groups in total. The van der Waals surface area contributed by atoms with Gasteiger partial charge in [-0.2, -0.15) is 0 Å². The molecule has 0 radical (unpaired) electrons. The van der Waals surface area contributed by atoms with E-state index < -0.39 is 0 Å². The van der Waals surface area contributed by atoms with Gasteiger partial charge in [-0.25, -0.2) is 9.97 Å². The van der Waals surface area contributed by atoms with Crippen LogP contribution in [0.3, 0.4) is 0 Å². The molecule has 0 aliphatic heterocycles. The van der Waals surface area contributed by atoms with Crippen molar-refractivity contribution in [3.05, 3.63) is 65.8 Å². The van der Waals surface area contributed by atoms with Gasteiger partial charge in [0.05, 0.1) is 0 Å². The highest BCUT2D eigenvalue weighted by molar-refractivity contribution is 7.98. The fourth-order valence-electron chi connectivity index (χ4n) is 2.02. The van der Waals surface area contributed by atoms with E-state index in [1.54, 1.807) is 17.8 Å². The maximum absolute atomic E-state index is 6.12. The predicted octanol–water partition coefficient (Wildman–Crippen LogP) is 5.26. The van der Waals surface area contributed by atoms with E-state index in [1.165, 1.54) is 4.90 Å². The molecule has 3 rings (SSSR count). The Labute approximate surface area is 138 Å². The first-order chi connectivity index (χ1) is 10.7. The van der Waals surface area contributed by atoms with Crippen molar-refractivity contribution in [2.45, 2.75) is 4.90 Å². The number of rotatable bonds is 4. The van der Waals surface area contributed by atoms with Crippen molar-refractivity contribution < 1.29 is 0 Å². The molecule has 110 valence electrons. The Hall–Kier alpha value is -2.04. The van der Waals surface area contributed by atoms with Gasteiger partial charge >= 0.3 is 0 Å². The summed E-state index contributed by atoms with van der Waals surface area (Å²) < 4.78 is 0. The summed E-state index contributed by atoms with van der Waals surface area (Å²) in [5.41, 5.74) is 1.90. The summed E-state index contributed by atoms with van der Waals surface area (Å²) in [5, 5.41) is 3.68. The summed E-state index contributed by atoms with van der Waals surface area (Å²) in [6.07, 6.45) is 2.05. The van der Waals surface area contributed by atoms with Crippen molar-refractivity contribution in [1.29, 1.82) is 0 Å². The molecule has 3 nitrogen and oxygen atoms in total. The zero-order valence-electron chi connectivity index (χ0n) is 12.0. The SMILES string of the molecule is CSc1ccc(Nc2cc(Cl)nc(-c3ccccc3)n2)cc1. The van der Waals surface area contributed by atoms with Gasteiger partial charge in [0, 0.05) is 22.2 Å². The van der Waals surface area contributed by atoms with Gasteiger partial charge in [-0.3, -0.25) is 0 Å². The first kappa shape index (κ1) is 14.9. The standard InChI is InChI=1S/C17H14ClN3S/c1-22-14-9-7-13(8-10-14)19-16-11-15(18)20-17(21-16)12-5-3-2-4-6-12/h2-11H,1H3,(H,19,20,21). The van der Waals surface area contributed by atoms with Crippen LogP contribution in [0.4, 0.5) is 11.5 Å². The fraction of sp³-hybridized carbons (Fsp3) is 0.0588. The lowest BCUT2D eigenvalue weighted by atomic mass is 10.2. The van der Waals surface area contributed by atoms with Crippen LogP contribution in [-0.2, 0) is 0 Å². The summed E-state index contributed by atoms with van der Waals surface area (Å²) >= 11 is 7.83. The molecule has 0 atom stereocenters. The molecule has 0 saturated carbocycles. The minimum absolute atomic E-state index is 0.414. The molecule has 0 saturated heterocycles. The molecule has 0 unspecified atom stereocenters. The second-order valence-corrected chi connectivity index (χ2v) is 5.89. The highest BCUT2D eigenvalue weighted by Gasteiger charge is 2.06. The second-order valence-electron chi connectivity index (χ2n) is 4.62. The average molecular weight is 328 g/mol. The Bertz CT molecular complexity index is 761. The van der Waals surface area contributed by atoms with Gasteiger partial charge in [0.2, 0.25) is 0 Å². The lowest BCUT2D eigenvalue weighted by Gasteiger charge is -2.08. The maximum atomic E-state index is 6.12. The molecule has 1 aromatic heterocycles. The average Bonchev–Trinajstić information content (AvgIpc) is 2.56. The summed E-state index contributed by atoms with van der Waals surface area (Å²) in [4.78, 5) is 10.0. The molecule has 0 fully saturated rings. The van der Waals surface area contributed by atoms with Gasteiger partial charge in [0.25, 0.3) is 0 Å². The number of thioether (sulfide) groups is 1. The van der Waals surface area contributed by atoms with E-state index in [0.29, 0.717) is 16.8 Å². The lowest BCUT2D eigenvalue weighted by Crippen LogP contribution is -1.97. The zero-order valence-corrected chi connectivity index (χ0v) is 13.5. The number of hydrogen-bond donors (Lipinski definition) is 1. The molecule has 3 aromatic rings. The Morgan fingerprint density at radius 2 is 1.68 bits per heavy atom. The van der Waals surface area contributed by atoms with Crippen molar-refractivity contribution in [3.8, 4) is 11.4 Å². The van der Waals surface area contributed by atoms with Gasteiger partial charge in [0.1, 0.15) is 11.0 Å². The topological polar surface area (TPSA) is 37.8 Å². The third-order valence-corrected chi connectivity index (χ3v) is 4.03. The number of aromatic nitrogens is 2. The molecule has 0 spiro atoms. The van der Waals surface area contributed by atoms with Crippen molar-refractivity contribution in [2.24, 2.45) is 0 Å². The van der Waals surface area contributed by atoms with E-state index >= 15 is 0 Å². The first-order valence-corrected chi connectivity index (χ1v) is 8.36. The van der Waals surface area contributed by atoms with Gasteiger partial charge in [0.15, 0.2) is 5.82 Å². The highest BCUT2D eigenvalue weighted by atomic mass is 35.5. The zero-order chi connectivity index (χ0) is 15.4. The third kappa shape index (κ3) is 3.59. The molecule has 0 amide bonds. The molecule has 0 aliphatic carbocycles. The minimum Gasteiger partial charge on any atom is -0.340 e. The third-order valence-electron chi connectivity index (χ3n) is 3.09. The number of hydrogen-bond acceptors (Lipinski definition) is 4. The van der Waals surface area contributed by atoms with Crippen LogP contribution >= 0.6 is 23.4 Å². The summed E-state index contributed by atoms with van der Waals surface area (Å²) in [7, 11) is 0. The number of nitrogens with zero attached hydrogens (tertiary/aromatic N) is 2. The molecular weight excluding hydrogens is 314 g/mol. The quantitative estimate of drug-likeness (QED) is 0.523. The Kier molecular flexibility index (Phi) is 4.61. The van der Waals surface area contributed by atoms with E-state index in [4.69, 9.17) is 11.6 Å². The molecule has 5 heteroatoms. The predicted molar refractivity (Wildman–Crippen MR) is 94.0 cm³/mol. The van der Waals surface area contributed by atoms with E-state index in [0.717, 1.165) is 11.3 Å². The van der Waals surface area contributed by atoms with Crippen LogP contribution in [0, 0.1) is 0 Å². The Morgan fingerprint density at radius 3 is 2.36 bits per heavy atom. The smallest absolute Gasteiger partial charge is 0.163 e. The monoisotopic (exact) mass is 327 g/mol. The van der Waals surface area contributed by atoms with Gasteiger partial charge in [-0.05, 0) is 30.5 Å². The van der Waals surface area contributed by atoms with E-state index in [2.05, 4.69) is 33.7 Å². The number of halogens is 1. The summed E-state index contributed by atoms with van der Waals surface area (Å²) in [6.45, 7) is 0. The normalized spacial score (nSPS) is 10.5. The largest absolute Gasteiger partial charge is 0.340 e. The van der Waals surface area contributed by atoms with Crippen LogP contribution in [0.15, 0.2) is 65.6 Å². The second kappa shape index (κ2) is 6.81. The molecule has 1 heterocycles. The molecule has 22 heavy (non-hydrogen) atoms. The van der Waals surface area contributed by atoms with Crippen LogP contribution in [-0.4, -0.2) is 16.2 Å². The Morgan fingerprint density at radius 1 is 0.955 bits per heavy atom. The van der Waals surface area contributed by atoms with Crippen LogP contribution < -0.4 is 5.32 Å². The highest BCUT2D eigenvalue weighted by Crippen LogP contribution is 2.24. The van der Waals surface area contributed by atoms with Crippen molar-refractivity contribution >= 4 is 34.9 Å². The number of nitrogens with one attached hydrogen (secondary N) is 1. The lowest BCUT2D eigenvalue weighted by molar-refractivity contribution is 1.17. The van der Waals surface area contributed by atoms with Crippen LogP contribution in [0.2, 0.25) is 5.15 Å². The maximum Gasteiger partial charge on any atom is 0.163 e. The van der Waals surface area contributed by atoms with E-state index in [1.807, 2.05) is 42.5 Å².